The van der Waals surface area contributed by atoms with Crippen LogP contribution in [0.25, 0.3) is 76.8 Å². The molecule has 0 aliphatic heterocycles. The van der Waals surface area contributed by atoms with Crippen molar-refractivity contribution in [3.05, 3.63) is 223 Å². The second-order valence-electron chi connectivity index (χ2n) is 14.9. The van der Waals surface area contributed by atoms with E-state index in [1.807, 2.05) is 12.2 Å². The zero-order chi connectivity index (χ0) is 39.0. The molecule has 0 spiro atoms. The molecule has 0 saturated heterocycles. The number of anilines is 3. The van der Waals surface area contributed by atoms with Crippen molar-refractivity contribution >= 4 is 49.4 Å². The summed E-state index contributed by atoms with van der Waals surface area (Å²) < 4.78 is 0. The minimum absolute atomic E-state index is 0.990. The van der Waals surface area contributed by atoms with Crippen LogP contribution in [0.15, 0.2) is 223 Å². The standard InChI is InChI=1S/C56H40N2/c1-57(47-15-5-3-6-16-47)49-33-29-41(30-34-49)39-21-25-43(26-22-39)55-51-19-11-12-20-52(51)56(54-38-46-14-10-9-13-45(46)37-53(54)55)44-27-23-40(24-28-44)42-31-35-50(36-32-42)58(2)48-17-7-4-8-18-48/h3-7,9-17,19-38H,1-2H3. The van der Waals surface area contributed by atoms with E-state index in [1.54, 1.807) is 0 Å². The Hall–Kier alpha value is -7.60. The van der Waals surface area contributed by atoms with Crippen LogP contribution in [-0.4, -0.2) is 14.1 Å². The number of hydrogen-bond acceptors (Lipinski definition) is 2. The average molecular weight is 741 g/mol. The molecule has 9 aromatic carbocycles. The molecule has 0 fully saturated rings. The monoisotopic (exact) mass is 740 g/mol. The van der Waals surface area contributed by atoms with Crippen LogP contribution in [0.5, 0.6) is 0 Å². The molecule has 0 unspecified atom stereocenters. The highest BCUT2D eigenvalue weighted by atomic mass is 15.1. The number of likely N-dealkylation sites (N-methyl/N-ethyl adjacent to an activating group) is 1. The molecule has 2 nitrogen and oxygen atoms in total. The fraction of sp³-hybridized carbons (Fsp3) is 0.0357. The van der Waals surface area contributed by atoms with Crippen molar-refractivity contribution in [2.24, 2.45) is 0 Å². The van der Waals surface area contributed by atoms with Gasteiger partial charge in [-0.25, -0.2) is 0 Å². The highest BCUT2D eigenvalue weighted by Crippen LogP contribution is 2.45. The maximum atomic E-state index is 3.20. The van der Waals surface area contributed by atoms with Crippen LogP contribution in [0.4, 0.5) is 17.1 Å². The lowest BCUT2D eigenvalue weighted by Crippen LogP contribution is -2.14. The number of rotatable bonds is 8. The van der Waals surface area contributed by atoms with E-state index in [1.165, 1.54) is 82.5 Å². The number of benzene rings is 9. The van der Waals surface area contributed by atoms with Gasteiger partial charge >= 0.3 is 0 Å². The molecule has 0 radical (unpaired) electrons. The molecule has 9 aromatic rings. The molecular weight excluding hydrogens is 701 g/mol. The summed E-state index contributed by atoms with van der Waals surface area (Å²) in [6, 6.07) is 68.7. The minimum atomic E-state index is 0.990. The fourth-order valence-corrected chi connectivity index (χ4v) is 8.38. The van der Waals surface area contributed by atoms with E-state index in [0.29, 0.717) is 0 Å². The predicted molar refractivity (Wildman–Crippen MR) is 248 cm³/mol. The topological polar surface area (TPSA) is 6.48 Å². The summed E-state index contributed by atoms with van der Waals surface area (Å²) >= 11 is 0. The maximum absolute atomic E-state index is 3.20. The second-order valence-corrected chi connectivity index (χ2v) is 14.9. The second kappa shape index (κ2) is 14.8. The molecule has 1 aliphatic rings. The van der Waals surface area contributed by atoms with Gasteiger partial charge in [-0.3, -0.25) is 0 Å². The Morgan fingerprint density at radius 1 is 0.362 bits per heavy atom. The molecule has 0 heterocycles. The van der Waals surface area contributed by atoms with Crippen LogP contribution in [-0.2, 0) is 0 Å². The van der Waals surface area contributed by atoms with Gasteiger partial charge in [0.25, 0.3) is 0 Å². The van der Waals surface area contributed by atoms with E-state index in [4.69, 9.17) is 0 Å². The lowest BCUT2D eigenvalue weighted by Gasteiger charge is -2.20. The Balaban J connectivity index is 1.03. The summed E-state index contributed by atoms with van der Waals surface area (Å²) in [5, 5.41) is 7.48. The van der Waals surface area contributed by atoms with Gasteiger partial charge in [-0.2, -0.15) is 0 Å². The molecule has 274 valence electrons. The molecule has 2 heteroatoms. The zero-order valence-corrected chi connectivity index (χ0v) is 32.5. The molecular formula is C56H40N2. The molecule has 0 N–H and O–H groups in total. The van der Waals surface area contributed by atoms with Crippen LogP contribution in [0.2, 0.25) is 0 Å². The van der Waals surface area contributed by atoms with Crippen molar-refractivity contribution in [1.29, 1.82) is 0 Å². The van der Waals surface area contributed by atoms with Gasteiger partial charge in [-0.15, -0.1) is 0 Å². The Morgan fingerprint density at radius 2 is 0.759 bits per heavy atom. The van der Waals surface area contributed by atoms with Gasteiger partial charge in [-0.05, 0) is 143 Å². The molecule has 10 rings (SSSR count). The van der Waals surface area contributed by atoms with E-state index >= 15 is 0 Å². The third kappa shape index (κ3) is 6.40. The van der Waals surface area contributed by atoms with E-state index in [-0.39, 0.29) is 0 Å². The Kier molecular flexibility index (Phi) is 8.90. The number of allylic oxidation sites excluding steroid dienone is 3. The van der Waals surface area contributed by atoms with Crippen molar-refractivity contribution in [2.75, 3.05) is 23.9 Å². The first-order chi connectivity index (χ1) is 28.6. The van der Waals surface area contributed by atoms with E-state index in [0.717, 1.165) is 17.1 Å². The summed E-state index contributed by atoms with van der Waals surface area (Å²) in [6.07, 6.45) is 5.91. The normalized spacial score (nSPS) is 12.0. The number of hydrogen-bond donors (Lipinski definition) is 0. The van der Waals surface area contributed by atoms with Crippen LogP contribution in [0.3, 0.4) is 0 Å². The first kappa shape index (κ1) is 34.9. The molecule has 0 aromatic heterocycles. The lowest BCUT2D eigenvalue weighted by atomic mass is 9.84. The van der Waals surface area contributed by atoms with Crippen molar-refractivity contribution in [1.82, 2.24) is 0 Å². The SMILES string of the molecule is CN(C1=C=C=CC=C1)c1ccc(-c2ccc(-c3c4ccccc4c(-c4ccc(-c5ccc(N(C)c6ccccc6)cc5)cc4)c4cc5ccccc5cc34)cc2)cc1. The first-order valence-electron chi connectivity index (χ1n) is 19.8. The van der Waals surface area contributed by atoms with Gasteiger partial charge in [0.1, 0.15) is 0 Å². The van der Waals surface area contributed by atoms with Gasteiger partial charge in [0, 0.05) is 31.2 Å². The van der Waals surface area contributed by atoms with Gasteiger partial charge in [0.2, 0.25) is 0 Å². The molecule has 0 atom stereocenters. The van der Waals surface area contributed by atoms with Crippen molar-refractivity contribution in [3.63, 3.8) is 0 Å². The maximum Gasteiger partial charge on any atom is 0.0924 e. The number of para-hydroxylation sites is 1. The van der Waals surface area contributed by atoms with Crippen LogP contribution >= 0.6 is 0 Å². The lowest BCUT2D eigenvalue weighted by molar-refractivity contribution is 1.14. The van der Waals surface area contributed by atoms with Gasteiger partial charge in [0.05, 0.1) is 5.70 Å². The highest BCUT2D eigenvalue weighted by Gasteiger charge is 2.18. The summed E-state index contributed by atoms with van der Waals surface area (Å²) in [5.41, 5.74) is 20.4. The largest absolute Gasteiger partial charge is 0.345 e. The van der Waals surface area contributed by atoms with E-state index in [9.17, 15) is 0 Å². The third-order valence-corrected chi connectivity index (χ3v) is 11.6. The van der Waals surface area contributed by atoms with Crippen molar-refractivity contribution in [3.8, 4) is 44.5 Å². The quantitative estimate of drug-likeness (QED) is 0.113. The molecule has 0 amide bonds. The summed E-state index contributed by atoms with van der Waals surface area (Å²) in [5.74, 6) is 0. The minimum Gasteiger partial charge on any atom is -0.345 e. The number of fused-ring (bicyclic) bond motifs is 3. The summed E-state index contributed by atoms with van der Waals surface area (Å²) in [4.78, 5) is 4.35. The van der Waals surface area contributed by atoms with Crippen LogP contribution in [0.1, 0.15) is 0 Å². The van der Waals surface area contributed by atoms with Crippen LogP contribution < -0.4 is 9.80 Å². The Bertz CT molecular complexity index is 3110. The van der Waals surface area contributed by atoms with Gasteiger partial charge in [-0.1, -0.05) is 151 Å². The molecule has 0 saturated carbocycles. The molecule has 0 bridgehead atoms. The van der Waals surface area contributed by atoms with E-state index in [2.05, 4.69) is 229 Å². The zero-order valence-electron chi connectivity index (χ0n) is 32.5. The smallest absolute Gasteiger partial charge is 0.0924 e. The first-order valence-corrected chi connectivity index (χ1v) is 19.8. The number of nitrogens with zero attached hydrogens (tertiary/aromatic N) is 2. The Morgan fingerprint density at radius 3 is 1.22 bits per heavy atom. The highest BCUT2D eigenvalue weighted by molar-refractivity contribution is 6.23. The summed E-state index contributed by atoms with van der Waals surface area (Å²) in [6.45, 7) is 0. The average Bonchev–Trinajstić information content (AvgIpc) is 3.30. The van der Waals surface area contributed by atoms with Crippen molar-refractivity contribution < 1.29 is 0 Å². The van der Waals surface area contributed by atoms with Gasteiger partial charge in [0.15, 0.2) is 0 Å². The summed E-state index contributed by atoms with van der Waals surface area (Å²) in [7, 11) is 4.18. The Labute approximate surface area is 339 Å². The fourth-order valence-electron chi connectivity index (χ4n) is 8.38. The van der Waals surface area contributed by atoms with Crippen molar-refractivity contribution in [2.45, 2.75) is 0 Å². The van der Waals surface area contributed by atoms with E-state index < -0.39 is 0 Å². The van der Waals surface area contributed by atoms with Gasteiger partial charge < -0.3 is 9.80 Å². The third-order valence-electron chi connectivity index (χ3n) is 11.6. The van der Waals surface area contributed by atoms with Crippen LogP contribution in [0, 0.1) is 0 Å². The molecule has 58 heavy (non-hydrogen) atoms. The molecule has 1 aliphatic carbocycles. The predicted octanol–water partition coefficient (Wildman–Crippen LogP) is 14.8.